The summed E-state index contributed by atoms with van der Waals surface area (Å²) in [5.41, 5.74) is -0.703. The van der Waals surface area contributed by atoms with Gasteiger partial charge in [0.1, 0.15) is 5.82 Å². The number of rotatable bonds is 6. The van der Waals surface area contributed by atoms with E-state index in [1.54, 1.807) is 11.8 Å². The fraction of sp³-hybridized carbons (Fsp3) is 0.786. The first-order chi connectivity index (χ1) is 10.1. The molecular formula is C14H22N2O3S2. The molecule has 1 N–H and O–H groups in total. The van der Waals surface area contributed by atoms with Crippen LogP contribution in [0.5, 0.6) is 0 Å². The van der Waals surface area contributed by atoms with Crippen molar-refractivity contribution in [2.45, 2.75) is 55.9 Å². The van der Waals surface area contributed by atoms with Crippen LogP contribution in [-0.4, -0.2) is 38.4 Å². The highest BCUT2D eigenvalue weighted by molar-refractivity contribution is 8.01. The highest BCUT2D eigenvalue weighted by atomic mass is 32.2. The number of aromatic nitrogens is 2. The van der Waals surface area contributed by atoms with Crippen molar-refractivity contribution < 1.29 is 14.6 Å². The molecule has 0 aromatic carbocycles. The van der Waals surface area contributed by atoms with E-state index in [0.29, 0.717) is 38.0 Å². The van der Waals surface area contributed by atoms with Crippen LogP contribution in [0.15, 0.2) is 4.34 Å². The van der Waals surface area contributed by atoms with Gasteiger partial charge in [-0.2, -0.15) is 4.37 Å². The summed E-state index contributed by atoms with van der Waals surface area (Å²) in [5.74, 6) is 1.30. The van der Waals surface area contributed by atoms with Crippen LogP contribution < -0.4 is 0 Å². The molecule has 1 fully saturated rings. The number of aliphatic hydroxyl groups is 1. The van der Waals surface area contributed by atoms with Gasteiger partial charge in [0.2, 0.25) is 0 Å². The van der Waals surface area contributed by atoms with E-state index >= 15 is 0 Å². The Balaban J connectivity index is 1.80. The predicted octanol–water partition coefficient (Wildman–Crippen LogP) is 2.68. The molecule has 1 heterocycles. The fourth-order valence-corrected chi connectivity index (χ4v) is 4.28. The predicted molar refractivity (Wildman–Crippen MR) is 83.6 cm³/mol. The molecule has 1 aromatic heterocycles. The highest BCUT2D eigenvalue weighted by Crippen LogP contribution is 2.36. The molecule has 0 amide bonds. The van der Waals surface area contributed by atoms with Gasteiger partial charge in [-0.3, -0.25) is 4.79 Å². The maximum Gasteiger partial charge on any atom is 0.308 e. The summed E-state index contributed by atoms with van der Waals surface area (Å²) in [7, 11) is 0. The molecule has 0 radical (unpaired) electrons. The molecule has 2 rings (SSSR count). The molecule has 0 unspecified atom stereocenters. The minimum absolute atomic E-state index is 0.0524. The number of esters is 1. The molecule has 7 heteroatoms. The average molecular weight is 330 g/mol. The molecule has 0 bridgehead atoms. The minimum Gasteiger partial charge on any atom is -0.466 e. The van der Waals surface area contributed by atoms with Crippen molar-refractivity contribution in [2.24, 2.45) is 5.92 Å². The number of carbonyl (C=O) groups excluding carboxylic acids is 1. The second-order valence-electron chi connectivity index (χ2n) is 5.37. The van der Waals surface area contributed by atoms with Crippen LogP contribution >= 0.6 is 23.3 Å². The number of hydrogen-bond donors (Lipinski definition) is 1. The van der Waals surface area contributed by atoms with Gasteiger partial charge in [0.15, 0.2) is 4.34 Å². The lowest BCUT2D eigenvalue weighted by Crippen LogP contribution is -2.38. The molecule has 1 aromatic rings. The zero-order valence-electron chi connectivity index (χ0n) is 12.5. The van der Waals surface area contributed by atoms with Crippen molar-refractivity contribution in [1.82, 2.24) is 9.36 Å². The van der Waals surface area contributed by atoms with Crippen molar-refractivity contribution in [3.05, 3.63) is 5.82 Å². The summed E-state index contributed by atoms with van der Waals surface area (Å²) in [6, 6.07) is 0. The van der Waals surface area contributed by atoms with E-state index in [-0.39, 0.29) is 11.9 Å². The van der Waals surface area contributed by atoms with Crippen molar-refractivity contribution in [1.29, 1.82) is 0 Å². The lowest BCUT2D eigenvalue weighted by atomic mass is 9.80. The van der Waals surface area contributed by atoms with Crippen molar-refractivity contribution >= 4 is 29.3 Å². The largest absolute Gasteiger partial charge is 0.466 e. The third-order valence-corrected chi connectivity index (χ3v) is 5.91. The first-order valence-electron chi connectivity index (χ1n) is 7.40. The zero-order chi connectivity index (χ0) is 15.3. The van der Waals surface area contributed by atoms with Crippen LogP contribution in [0.2, 0.25) is 0 Å². The summed E-state index contributed by atoms with van der Waals surface area (Å²) in [4.78, 5) is 16.1. The quantitative estimate of drug-likeness (QED) is 0.638. The van der Waals surface area contributed by atoms with E-state index in [9.17, 15) is 9.90 Å². The Bertz CT molecular complexity index is 471. The Morgan fingerprint density at radius 3 is 2.76 bits per heavy atom. The molecule has 0 spiro atoms. The monoisotopic (exact) mass is 330 g/mol. The number of nitrogens with zero attached hydrogens (tertiary/aromatic N) is 2. The summed E-state index contributed by atoms with van der Waals surface area (Å²) >= 11 is 2.95. The molecule has 118 valence electrons. The van der Waals surface area contributed by atoms with Crippen molar-refractivity contribution in [2.75, 3.05) is 12.4 Å². The lowest BCUT2D eigenvalue weighted by Gasteiger charge is -2.34. The normalized spacial score (nSPS) is 25.8. The van der Waals surface area contributed by atoms with Gasteiger partial charge in [-0.25, -0.2) is 4.98 Å². The van der Waals surface area contributed by atoms with Crippen LogP contribution in [0.25, 0.3) is 0 Å². The van der Waals surface area contributed by atoms with E-state index in [1.165, 1.54) is 11.5 Å². The first kappa shape index (κ1) is 16.7. The highest BCUT2D eigenvalue weighted by Gasteiger charge is 2.36. The first-order valence-corrected chi connectivity index (χ1v) is 9.16. The number of ether oxygens (including phenoxy) is 1. The van der Waals surface area contributed by atoms with Crippen LogP contribution in [0.3, 0.4) is 0 Å². The summed E-state index contributed by atoms with van der Waals surface area (Å²) in [5, 5.41) is 10.6. The molecule has 0 aliphatic heterocycles. The Morgan fingerprint density at radius 1 is 1.48 bits per heavy atom. The Hall–Kier alpha value is -0.660. The van der Waals surface area contributed by atoms with Crippen LogP contribution in [0.4, 0.5) is 0 Å². The van der Waals surface area contributed by atoms with Crippen molar-refractivity contribution in [3.63, 3.8) is 0 Å². The molecule has 1 aliphatic carbocycles. The smallest absolute Gasteiger partial charge is 0.308 e. The second-order valence-corrected chi connectivity index (χ2v) is 7.34. The summed E-state index contributed by atoms with van der Waals surface area (Å²) < 4.78 is 10.2. The third-order valence-electron chi connectivity index (χ3n) is 3.77. The molecule has 0 atom stereocenters. The minimum atomic E-state index is -0.703. The third kappa shape index (κ3) is 4.66. The van der Waals surface area contributed by atoms with E-state index in [1.807, 2.05) is 13.8 Å². The lowest BCUT2D eigenvalue weighted by molar-refractivity contribution is -0.150. The topological polar surface area (TPSA) is 72.3 Å². The van der Waals surface area contributed by atoms with E-state index in [2.05, 4.69) is 9.36 Å². The maximum atomic E-state index is 11.7. The van der Waals surface area contributed by atoms with Gasteiger partial charge in [-0.1, -0.05) is 18.7 Å². The summed E-state index contributed by atoms with van der Waals surface area (Å²) in [6.45, 7) is 4.27. The van der Waals surface area contributed by atoms with Gasteiger partial charge in [-0.15, -0.1) is 0 Å². The Morgan fingerprint density at radius 2 is 2.19 bits per heavy atom. The number of carbonyl (C=O) groups is 1. The molecule has 0 saturated heterocycles. The molecule has 5 nitrogen and oxygen atoms in total. The van der Waals surface area contributed by atoms with Crippen LogP contribution in [0, 0.1) is 5.92 Å². The fourth-order valence-electron chi connectivity index (χ4n) is 2.43. The van der Waals surface area contributed by atoms with Gasteiger partial charge in [0.25, 0.3) is 0 Å². The van der Waals surface area contributed by atoms with Gasteiger partial charge < -0.3 is 9.84 Å². The Labute approximate surface area is 133 Å². The standard InChI is InChI=1S/C14H22N2O3S2/c1-3-11-15-13(21-16-11)20-9-14(18)7-5-10(6-8-14)12(17)19-4-2/h10,18H,3-9H2,1-2H3. The van der Waals surface area contributed by atoms with Gasteiger partial charge >= 0.3 is 5.97 Å². The average Bonchev–Trinajstić information content (AvgIpc) is 2.94. The Kier molecular flexibility index (Phi) is 6.01. The van der Waals surface area contributed by atoms with Gasteiger partial charge in [-0.05, 0) is 44.1 Å². The van der Waals surface area contributed by atoms with E-state index in [0.717, 1.165) is 16.6 Å². The van der Waals surface area contributed by atoms with E-state index < -0.39 is 5.60 Å². The number of thioether (sulfide) groups is 1. The van der Waals surface area contributed by atoms with Crippen LogP contribution in [0.1, 0.15) is 45.4 Å². The van der Waals surface area contributed by atoms with Gasteiger partial charge in [0.05, 0.1) is 18.1 Å². The zero-order valence-corrected chi connectivity index (χ0v) is 14.1. The van der Waals surface area contributed by atoms with Crippen LogP contribution in [-0.2, 0) is 16.0 Å². The van der Waals surface area contributed by atoms with E-state index in [4.69, 9.17) is 4.74 Å². The number of hydrogen-bond acceptors (Lipinski definition) is 7. The SMILES string of the molecule is CCOC(=O)C1CCC(O)(CSc2nc(CC)ns2)CC1. The van der Waals surface area contributed by atoms with Gasteiger partial charge in [0, 0.05) is 12.2 Å². The number of aryl methyl sites for hydroxylation is 1. The summed E-state index contributed by atoms with van der Waals surface area (Å²) in [6.07, 6.45) is 3.52. The maximum absolute atomic E-state index is 11.7. The molecule has 1 aliphatic rings. The molecule has 21 heavy (non-hydrogen) atoms. The van der Waals surface area contributed by atoms with Crippen molar-refractivity contribution in [3.8, 4) is 0 Å². The second kappa shape index (κ2) is 7.56. The molecule has 1 saturated carbocycles. The molecular weight excluding hydrogens is 308 g/mol.